The Hall–Kier alpha value is -8.61. The normalized spacial score (nSPS) is 11.4. The van der Waals surface area contributed by atoms with Crippen molar-refractivity contribution >= 4 is 69.6 Å². The number of para-hydroxylation sites is 6. The maximum absolute atomic E-state index is 5.19. The fraction of sp³-hybridized carbons (Fsp3) is 0.0172. The number of amidine groups is 2. The van der Waals surface area contributed by atoms with Crippen molar-refractivity contribution < 1.29 is 0 Å². The molecule has 9 aromatic rings. The summed E-state index contributed by atoms with van der Waals surface area (Å²) >= 11 is 0. The summed E-state index contributed by atoms with van der Waals surface area (Å²) in [6, 6.07) is 87.6. The molecule has 0 aliphatic carbocycles. The number of hydrogen-bond donors (Lipinski definition) is 0. The van der Waals surface area contributed by atoms with Crippen molar-refractivity contribution in [3.63, 3.8) is 0 Å². The van der Waals surface area contributed by atoms with E-state index < -0.39 is 0 Å². The van der Waals surface area contributed by atoms with Gasteiger partial charge >= 0.3 is 0 Å². The Morgan fingerprint density at radius 1 is 0.297 bits per heavy atom. The molecule has 0 amide bonds. The highest BCUT2D eigenvalue weighted by atomic mass is 15.2. The van der Waals surface area contributed by atoms with Gasteiger partial charge in [0.1, 0.15) is 0 Å². The van der Waals surface area contributed by atoms with E-state index in [0.717, 1.165) is 67.9 Å². The quantitative estimate of drug-likeness (QED) is 0.0859. The molecule has 0 fully saturated rings. The Kier molecular flexibility index (Phi) is 12.6. The lowest BCUT2D eigenvalue weighted by Crippen LogP contribution is -2.11. The molecule has 0 atom stereocenters. The molecular weight excluding hydrogens is 781 g/mol. The summed E-state index contributed by atoms with van der Waals surface area (Å²) in [5, 5.41) is 0. The van der Waals surface area contributed by atoms with Crippen LogP contribution in [0.5, 0.6) is 0 Å². The van der Waals surface area contributed by atoms with Crippen LogP contribution in [0.3, 0.4) is 0 Å². The summed E-state index contributed by atoms with van der Waals surface area (Å²) in [5.74, 6) is 1.03. The first-order valence-corrected chi connectivity index (χ1v) is 21.3. The van der Waals surface area contributed by atoms with Crippen molar-refractivity contribution in [3.05, 3.63) is 271 Å². The fourth-order valence-corrected chi connectivity index (χ4v) is 7.72. The molecule has 64 heavy (non-hydrogen) atoms. The van der Waals surface area contributed by atoms with Crippen molar-refractivity contribution in [1.82, 2.24) is 0 Å². The monoisotopic (exact) mass is 826 g/mol. The van der Waals surface area contributed by atoms with Crippen molar-refractivity contribution in [2.24, 2.45) is 15.0 Å². The van der Waals surface area contributed by atoms with Gasteiger partial charge in [0.15, 0.2) is 11.7 Å². The van der Waals surface area contributed by atoms with Gasteiger partial charge in [-0.2, -0.15) is 0 Å². The van der Waals surface area contributed by atoms with Gasteiger partial charge < -0.3 is 14.7 Å². The van der Waals surface area contributed by atoms with Crippen molar-refractivity contribution in [3.8, 4) is 0 Å². The lowest BCUT2D eigenvalue weighted by molar-refractivity contribution is 1.06. The molecule has 6 heteroatoms. The number of aliphatic imine (C=N–C) groups is 3. The maximum atomic E-state index is 5.19. The van der Waals surface area contributed by atoms with Crippen LogP contribution in [0.1, 0.15) is 16.7 Å². The molecule has 0 aliphatic heterocycles. The van der Waals surface area contributed by atoms with Gasteiger partial charge in [-0.1, -0.05) is 121 Å². The molecule has 0 saturated heterocycles. The zero-order valence-corrected chi connectivity index (χ0v) is 35.3. The van der Waals surface area contributed by atoms with Crippen molar-refractivity contribution in [1.29, 1.82) is 0 Å². The third-order valence-electron chi connectivity index (χ3n) is 10.8. The summed E-state index contributed by atoms with van der Waals surface area (Å²) < 4.78 is 0. The molecule has 0 bridgehead atoms. The van der Waals surface area contributed by atoms with Crippen molar-refractivity contribution in [2.75, 3.05) is 14.7 Å². The predicted molar refractivity (Wildman–Crippen MR) is 270 cm³/mol. The second kappa shape index (κ2) is 19.8. The first-order valence-electron chi connectivity index (χ1n) is 21.3. The third kappa shape index (κ3) is 9.47. The molecule has 9 aromatic carbocycles. The van der Waals surface area contributed by atoms with Gasteiger partial charge in [0.2, 0.25) is 0 Å². The van der Waals surface area contributed by atoms with E-state index in [1.807, 2.05) is 48.5 Å². The summed E-state index contributed by atoms with van der Waals surface area (Å²) in [6.07, 6.45) is 0. The minimum atomic E-state index is 0.407. The lowest BCUT2D eigenvalue weighted by atomic mass is 10.1. The topological polar surface area (TPSA) is 46.8 Å². The van der Waals surface area contributed by atoms with Crippen LogP contribution in [0.4, 0.5) is 51.2 Å². The summed E-state index contributed by atoms with van der Waals surface area (Å²) in [7, 11) is 0. The van der Waals surface area contributed by atoms with Crippen LogP contribution < -0.4 is 14.7 Å². The highest BCUT2D eigenvalue weighted by Crippen LogP contribution is 2.37. The molecule has 0 aromatic heterocycles. The molecule has 6 nitrogen and oxygen atoms in total. The average molecular weight is 827 g/mol. The van der Waals surface area contributed by atoms with Crippen LogP contribution in [-0.4, -0.2) is 18.4 Å². The van der Waals surface area contributed by atoms with Crippen LogP contribution >= 0.6 is 0 Å². The number of hydrogen-bond acceptors (Lipinski definition) is 4. The zero-order chi connectivity index (χ0) is 43.3. The Labute approximate surface area is 375 Å². The van der Waals surface area contributed by atoms with E-state index in [9.17, 15) is 0 Å². The minimum Gasteiger partial charge on any atom is -0.311 e. The number of benzene rings is 9. The molecule has 0 heterocycles. The van der Waals surface area contributed by atoms with Crippen LogP contribution in [0.2, 0.25) is 0 Å². The van der Waals surface area contributed by atoms with Crippen LogP contribution in [0, 0.1) is 0 Å². The Balaban J connectivity index is 1.07. The third-order valence-corrected chi connectivity index (χ3v) is 10.8. The first kappa shape index (κ1) is 40.8. The second-order valence-corrected chi connectivity index (χ2v) is 15.0. The highest BCUT2D eigenvalue weighted by Gasteiger charge is 2.16. The van der Waals surface area contributed by atoms with E-state index in [0.29, 0.717) is 18.2 Å². The molecule has 308 valence electrons. The van der Waals surface area contributed by atoms with Gasteiger partial charge in [0, 0.05) is 62.3 Å². The van der Waals surface area contributed by atoms with E-state index in [4.69, 9.17) is 9.98 Å². The Bertz CT molecular complexity index is 2800. The fourth-order valence-electron chi connectivity index (χ4n) is 7.72. The van der Waals surface area contributed by atoms with Crippen LogP contribution in [-0.2, 0) is 6.54 Å². The molecule has 0 radical (unpaired) electrons. The molecule has 9 rings (SSSR count). The Morgan fingerprint density at radius 3 is 0.828 bits per heavy atom. The molecular formula is C58H46N6. The summed E-state index contributed by atoms with van der Waals surface area (Å²) in [4.78, 5) is 21.6. The molecule has 0 saturated carbocycles. The standard InChI is InChI=1S/C58H46N6/c1-59-57(46-34-40-55(41-35-46)63(50-24-12-4-13-25-50)51-26-14-5-15-27-51)61-58(47-36-42-56(43-37-47)64(52-28-16-6-17-29-52)53-30-18-7-19-31-53)60-44-45-32-38-54(39-33-45)62(48-20-8-2-9-21-48)49-22-10-3-11-23-49/h2-43H,1,44H2. The average Bonchev–Trinajstić information content (AvgIpc) is 3.37. The lowest BCUT2D eigenvalue weighted by Gasteiger charge is -2.25. The molecule has 0 unspecified atom stereocenters. The van der Waals surface area contributed by atoms with E-state index >= 15 is 0 Å². The largest absolute Gasteiger partial charge is 0.311 e. The highest BCUT2D eigenvalue weighted by molar-refractivity contribution is 6.13. The number of anilines is 9. The van der Waals surface area contributed by atoms with Gasteiger partial charge in [0.25, 0.3) is 0 Å². The van der Waals surface area contributed by atoms with Crippen LogP contribution in [0.15, 0.2) is 270 Å². The number of nitrogens with zero attached hydrogens (tertiary/aromatic N) is 6. The maximum Gasteiger partial charge on any atom is 0.161 e. The Morgan fingerprint density at radius 2 is 0.547 bits per heavy atom. The first-order chi connectivity index (χ1) is 31.7. The van der Waals surface area contributed by atoms with Gasteiger partial charge in [-0.25, -0.2) is 9.98 Å². The van der Waals surface area contributed by atoms with E-state index in [1.54, 1.807) is 0 Å². The molecule has 0 aliphatic rings. The van der Waals surface area contributed by atoms with Crippen molar-refractivity contribution in [2.45, 2.75) is 6.54 Å². The predicted octanol–water partition coefficient (Wildman–Crippen LogP) is 15.2. The number of rotatable bonds is 13. The van der Waals surface area contributed by atoms with Gasteiger partial charge in [-0.15, -0.1) is 0 Å². The van der Waals surface area contributed by atoms with Gasteiger partial charge in [-0.3, -0.25) is 4.99 Å². The van der Waals surface area contributed by atoms with E-state index in [2.05, 4.69) is 233 Å². The SMILES string of the molecule is C=NC(=NC(=NCc1ccc(N(c2ccccc2)c2ccccc2)cc1)c1ccc(N(c2ccccc2)c2ccccc2)cc1)c1ccc(N(c2ccccc2)c2ccccc2)cc1. The van der Waals surface area contributed by atoms with Gasteiger partial charge in [0.05, 0.1) is 6.54 Å². The molecule has 0 spiro atoms. The summed E-state index contributed by atoms with van der Waals surface area (Å²) in [5.41, 5.74) is 12.2. The van der Waals surface area contributed by atoms with E-state index in [-0.39, 0.29) is 0 Å². The summed E-state index contributed by atoms with van der Waals surface area (Å²) in [6.45, 7) is 4.39. The molecule has 0 N–H and O–H groups in total. The zero-order valence-electron chi connectivity index (χ0n) is 35.3. The smallest absolute Gasteiger partial charge is 0.161 e. The second-order valence-electron chi connectivity index (χ2n) is 15.0. The van der Waals surface area contributed by atoms with Gasteiger partial charge in [-0.05, 0) is 146 Å². The minimum absolute atomic E-state index is 0.407. The van der Waals surface area contributed by atoms with Crippen LogP contribution in [0.25, 0.3) is 0 Å². The van der Waals surface area contributed by atoms with E-state index in [1.165, 1.54) is 0 Å².